The van der Waals surface area contributed by atoms with Gasteiger partial charge in [0.2, 0.25) is 0 Å². The Bertz CT molecular complexity index is 352. The van der Waals surface area contributed by atoms with Crippen LogP contribution in [0, 0.1) is 0 Å². The highest BCUT2D eigenvalue weighted by Gasteiger charge is 1.99. The molecule has 74 valence electrons. The van der Waals surface area contributed by atoms with Crippen molar-refractivity contribution in [2.24, 2.45) is 0 Å². The summed E-state index contributed by atoms with van der Waals surface area (Å²) in [4.78, 5) is 0. The summed E-state index contributed by atoms with van der Waals surface area (Å²) in [5.41, 5.74) is 5.15. The van der Waals surface area contributed by atoms with Gasteiger partial charge in [-0.15, -0.1) is 0 Å². The largest absolute Gasteiger partial charge is 0.0955 e. The lowest BCUT2D eigenvalue weighted by Crippen LogP contribution is -1.89. The molecule has 0 heteroatoms. The van der Waals surface area contributed by atoms with Crippen molar-refractivity contribution < 1.29 is 0 Å². The minimum Gasteiger partial charge on any atom is -0.0955 e. The van der Waals surface area contributed by atoms with Gasteiger partial charge >= 0.3 is 0 Å². The SMILES string of the molecule is C=C(C)c1ccccc1CC=C(C)C. The average Bonchev–Trinajstić information content (AvgIpc) is 2.15. The van der Waals surface area contributed by atoms with Crippen molar-refractivity contribution in [3.05, 3.63) is 53.6 Å². The van der Waals surface area contributed by atoms with Gasteiger partial charge in [-0.1, -0.05) is 48.1 Å². The van der Waals surface area contributed by atoms with Crippen LogP contribution in [0.5, 0.6) is 0 Å². The summed E-state index contributed by atoms with van der Waals surface area (Å²) in [5, 5.41) is 0. The van der Waals surface area contributed by atoms with Crippen LogP contribution in [0.25, 0.3) is 5.57 Å². The van der Waals surface area contributed by atoms with Crippen LogP contribution in [0.3, 0.4) is 0 Å². The van der Waals surface area contributed by atoms with Crippen molar-refractivity contribution in [2.45, 2.75) is 27.2 Å². The van der Waals surface area contributed by atoms with Crippen LogP contribution >= 0.6 is 0 Å². The molecule has 0 aliphatic rings. The zero-order valence-corrected chi connectivity index (χ0v) is 9.30. The minimum atomic E-state index is 1.01. The van der Waals surface area contributed by atoms with Gasteiger partial charge in [0.25, 0.3) is 0 Å². The fourth-order valence-electron chi connectivity index (χ4n) is 1.43. The van der Waals surface area contributed by atoms with Crippen molar-refractivity contribution in [2.75, 3.05) is 0 Å². The summed E-state index contributed by atoms with van der Waals surface area (Å²) in [6.07, 6.45) is 3.26. The number of hydrogen-bond acceptors (Lipinski definition) is 0. The number of rotatable bonds is 3. The van der Waals surface area contributed by atoms with E-state index in [4.69, 9.17) is 0 Å². The Balaban J connectivity index is 2.96. The zero-order chi connectivity index (χ0) is 10.6. The van der Waals surface area contributed by atoms with E-state index in [1.165, 1.54) is 16.7 Å². The molecule has 1 aromatic rings. The smallest absolute Gasteiger partial charge is 0.00889 e. The summed E-state index contributed by atoms with van der Waals surface area (Å²) >= 11 is 0. The Morgan fingerprint density at radius 3 is 2.43 bits per heavy atom. The lowest BCUT2D eigenvalue weighted by molar-refractivity contribution is 1.20. The molecule has 0 bridgehead atoms. The molecule has 0 atom stereocenters. The van der Waals surface area contributed by atoms with E-state index >= 15 is 0 Å². The van der Waals surface area contributed by atoms with E-state index in [0.29, 0.717) is 0 Å². The number of benzene rings is 1. The van der Waals surface area contributed by atoms with Crippen LogP contribution in [-0.4, -0.2) is 0 Å². The van der Waals surface area contributed by atoms with E-state index in [-0.39, 0.29) is 0 Å². The molecule has 0 spiro atoms. The molecule has 0 radical (unpaired) electrons. The first-order chi connectivity index (χ1) is 6.61. The topological polar surface area (TPSA) is 0 Å². The van der Waals surface area contributed by atoms with Crippen molar-refractivity contribution in [1.82, 2.24) is 0 Å². The third kappa shape index (κ3) is 2.88. The molecule has 1 rings (SSSR count). The minimum absolute atomic E-state index is 1.01. The lowest BCUT2D eigenvalue weighted by atomic mass is 9.99. The molecule has 0 heterocycles. The Kier molecular flexibility index (Phi) is 3.70. The van der Waals surface area contributed by atoms with Crippen molar-refractivity contribution >= 4 is 5.57 Å². The zero-order valence-electron chi connectivity index (χ0n) is 9.30. The van der Waals surface area contributed by atoms with Crippen LogP contribution in [-0.2, 0) is 6.42 Å². The normalized spacial score (nSPS) is 9.64. The molecule has 14 heavy (non-hydrogen) atoms. The van der Waals surface area contributed by atoms with E-state index in [0.717, 1.165) is 12.0 Å². The molecule has 0 nitrogen and oxygen atoms in total. The van der Waals surface area contributed by atoms with Gasteiger partial charge in [0.15, 0.2) is 0 Å². The molecule has 0 aliphatic heterocycles. The molecular formula is C14H18. The summed E-state index contributed by atoms with van der Waals surface area (Å²) in [5.74, 6) is 0. The van der Waals surface area contributed by atoms with E-state index in [9.17, 15) is 0 Å². The molecular weight excluding hydrogens is 168 g/mol. The molecule has 0 fully saturated rings. The van der Waals surface area contributed by atoms with Gasteiger partial charge < -0.3 is 0 Å². The van der Waals surface area contributed by atoms with Gasteiger partial charge in [-0.2, -0.15) is 0 Å². The van der Waals surface area contributed by atoms with Gasteiger partial charge in [-0.3, -0.25) is 0 Å². The first kappa shape index (κ1) is 10.8. The van der Waals surface area contributed by atoms with Gasteiger partial charge in [0.05, 0.1) is 0 Å². The fourth-order valence-corrected chi connectivity index (χ4v) is 1.43. The molecule has 0 saturated heterocycles. The van der Waals surface area contributed by atoms with Gasteiger partial charge in [-0.05, 0) is 38.3 Å². The van der Waals surface area contributed by atoms with E-state index in [2.05, 4.69) is 57.7 Å². The standard InChI is InChI=1S/C14H18/c1-11(2)9-10-13-7-5-6-8-14(13)12(3)4/h5-9H,3,10H2,1-2,4H3. The molecule has 1 aromatic carbocycles. The van der Waals surface area contributed by atoms with Crippen LogP contribution in [0.15, 0.2) is 42.5 Å². The molecule has 0 amide bonds. The van der Waals surface area contributed by atoms with Crippen molar-refractivity contribution in [1.29, 1.82) is 0 Å². The predicted molar refractivity (Wildman–Crippen MR) is 64.3 cm³/mol. The van der Waals surface area contributed by atoms with Gasteiger partial charge in [-0.25, -0.2) is 0 Å². The van der Waals surface area contributed by atoms with Crippen LogP contribution in [0.2, 0.25) is 0 Å². The predicted octanol–water partition coefficient (Wildman–Crippen LogP) is 4.23. The number of allylic oxidation sites excluding steroid dienone is 3. The average molecular weight is 186 g/mol. The molecule has 0 unspecified atom stereocenters. The maximum Gasteiger partial charge on any atom is -0.00889 e. The van der Waals surface area contributed by atoms with Gasteiger partial charge in [0, 0.05) is 0 Å². The summed E-state index contributed by atoms with van der Waals surface area (Å²) in [6, 6.07) is 8.45. The third-order valence-corrected chi connectivity index (χ3v) is 2.21. The third-order valence-electron chi connectivity index (χ3n) is 2.21. The Hall–Kier alpha value is -1.30. The second-order valence-electron chi connectivity index (χ2n) is 3.92. The lowest BCUT2D eigenvalue weighted by Gasteiger charge is -2.06. The maximum absolute atomic E-state index is 3.99. The molecule has 0 N–H and O–H groups in total. The Morgan fingerprint density at radius 2 is 1.86 bits per heavy atom. The second kappa shape index (κ2) is 4.80. The van der Waals surface area contributed by atoms with Gasteiger partial charge in [0.1, 0.15) is 0 Å². The second-order valence-corrected chi connectivity index (χ2v) is 3.92. The highest BCUT2D eigenvalue weighted by atomic mass is 14.0. The van der Waals surface area contributed by atoms with Crippen molar-refractivity contribution in [3.8, 4) is 0 Å². The van der Waals surface area contributed by atoms with Crippen molar-refractivity contribution in [3.63, 3.8) is 0 Å². The first-order valence-corrected chi connectivity index (χ1v) is 4.98. The summed E-state index contributed by atoms with van der Waals surface area (Å²) < 4.78 is 0. The van der Waals surface area contributed by atoms with E-state index in [1.54, 1.807) is 0 Å². The summed E-state index contributed by atoms with van der Waals surface area (Å²) in [7, 11) is 0. The van der Waals surface area contributed by atoms with Crippen LogP contribution < -0.4 is 0 Å². The van der Waals surface area contributed by atoms with Crippen LogP contribution in [0.4, 0.5) is 0 Å². The highest BCUT2D eigenvalue weighted by Crippen LogP contribution is 2.18. The molecule has 0 aliphatic carbocycles. The summed E-state index contributed by atoms with van der Waals surface area (Å²) in [6.45, 7) is 10.3. The first-order valence-electron chi connectivity index (χ1n) is 4.98. The van der Waals surface area contributed by atoms with E-state index < -0.39 is 0 Å². The maximum atomic E-state index is 3.99. The Labute approximate surface area is 87.0 Å². The highest BCUT2D eigenvalue weighted by molar-refractivity contribution is 5.64. The fraction of sp³-hybridized carbons (Fsp3) is 0.286. The number of hydrogen-bond donors (Lipinski definition) is 0. The van der Waals surface area contributed by atoms with Crippen LogP contribution in [0.1, 0.15) is 31.9 Å². The quantitative estimate of drug-likeness (QED) is 0.620. The molecule has 0 aromatic heterocycles. The molecule has 0 saturated carbocycles. The van der Waals surface area contributed by atoms with E-state index in [1.807, 2.05) is 0 Å². The Morgan fingerprint density at radius 1 is 1.21 bits per heavy atom. The monoisotopic (exact) mass is 186 g/mol.